The van der Waals surface area contributed by atoms with Crippen molar-refractivity contribution in [2.45, 2.75) is 19.9 Å². The molecule has 2 aromatic rings. The van der Waals surface area contributed by atoms with E-state index in [4.69, 9.17) is 4.74 Å². The number of fused-ring (bicyclic) bond motifs is 1. The van der Waals surface area contributed by atoms with Crippen molar-refractivity contribution in [3.05, 3.63) is 41.5 Å². The number of ether oxygens (including phenoxy) is 1. The molecule has 3 heterocycles. The monoisotopic (exact) mass is 414 g/mol. The lowest BCUT2D eigenvalue weighted by atomic mass is 10.0. The van der Waals surface area contributed by atoms with Crippen LogP contribution in [0.3, 0.4) is 0 Å². The minimum Gasteiger partial charge on any atom is -0.450 e. The number of rotatable bonds is 4. The summed E-state index contributed by atoms with van der Waals surface area (Å²) >= 11 is 0. The summed E-state index contributed by atoms with van der Waals surface area (Å²) < 4.78 is 31.5. The minimum atomic E-state index is -2.74. The van der Waals surface area contributed by atoms with E-state index in [0.29, 0.717) is 60.6 Å². The molecule has 0 atom stereocenters. The third kappa shape index (κ3) is 3.47. The summed E-state index contributed by atoms with van der Waals surface area (Å²) in [6.45, 7) is 1.56. The summed E-state index contributed by atoms with van der Waals surface area (Å²) in [4.78, 5) is 20.1. The van der Waals surface area contributed by atoms with E-state index in [-0.39, 0.29) is 6.09 Å². The molecule has 0 bridgehead atoms. The topological polar surface area (TPSA) is 87.3 Å². The highest BCUT2D eigenvalue weighted by Gasteiger charge is 2.31. The van der Waals surface area contributed by atoms with E-state index in [9.17, 15) is 18.8 Å². The number of halogens is 2. The summed E-state index contributed by atoms with van der Waals surface area (Å²) in [5.74, 6) is 0. The highest BCUT2D eigenvalue weighted by Crippen LogP contribution is 2.42. The van der Waals surface area contributed by atoms with Crippen LogP contribution in [0.15, 0.2) is 24.7 Å². The number of pyridine rings is 1. The number of carbonyl (C=O) groups is 1. The van der Waals surface area contributed by atoms with Gasteiger partial charge in [-0.25, -0.2) is 9.48 Å². The Morgan fingerprint density at radius 1 is 1.33 bits per heavy atom. The summed E-state index contributed by atoms with van der Waals surface area (Å²) in [6, 6.07) is 4.08. The maximum atomic E-state index is 12.9. The number of anilines is 1. The van der Waals surface area contributed by atoms with Crippen LogP contribution in [0, 0.1) is 11.3 Å². The standard InChI is InChI=1S/C20H20F2N6O2/c1-2-30-20(29)27-7-5-26(6-8-27)17-3-4-24-16-9-14(15(10-23)18(16)17)13-11-25-28(12-13)19(21)22/h3-4,11-12,19H,2,5-9H2,1H3. The minimum absolute atomic E-state index is 0.326. The molecule has 0 spiro atoms. The fourth-order valence-corrected chi connectivity index (χ4v) is 3.89. The number of aromatic nitrogens is 3. The second-order valence-electron chi connectivity index (χ2n) is 6.95. The second kappa shape index (κ2) is 8.10. The van der Waals surface area contributed by atoms with Gasteiger partial charge in [-0.2, -0.15) is 19.1 Å². The first-order valence-electron chi connectivity index (χ1n) is 9.64. The van der Waals surface area contributed by atoms with Gasteiger partial charge in [0, 0.05) is 61.8 Å². The van der Waals surface area contributed by atoms with Gasteiger partial charge in [0.1, 0.15) is 6.07 Å². The zero-order valence-electron chi connectivity index (χ0n) is 16.4. The molecular weight excluding hydrogens is 394 g/mol. The van der Waals surface area contributed by atoms with Crippen molar-refractivity contribution in [2.75, 3.05) is 37.7 Å². The number of allylic oxidation sites excluding steroid dienone is 2. The molecule has 0 unspecified atom stereocenters. The highest BCUT2D eigenvalue weighted by atomic mass is 19.3. The third-order valence-corrected chi connectivity index (χ3v) is 5.31. The number of hydrogen-bond donors (Lipinski definition) is 0. The quantitative estimate of drug-likeness (QED) is 0.765. The smallest absolute Gasteiger partial charge is 0.409 e. The highest BCUT2D eigenvalue weighted by molar-refractivity contribution is 6.05. The van der Waals surface area contributed by atoms with Crippen molar-refractivity contribution in [1.29, 1.82) is 5.26 Å². The van der Waals surface area contributed by atoms with Gasteiger partial charge in [0.15, 0.2) is 0 Å². The van der Waals surface area contributed by atoms with Crippen molar-refractivity contribution >= 4 is 22.9 Å². The van der Waals surface area contributed by atoms with E-state index in [1.807, 2.05) is 6.07 Å². The van der Waals surface area contributed by atoms with Crippen LogP contribution in [-0.4, -0.2) is 58.5 Å². The molecule has 1 saturated heterocycles. The van der Waals surface area contributed by atoms with E-state index in [2.05, 4.69) is 21.1 Å². The first-order valence-corrected chi connectivity index (χ1v) is 9.64. The van der Waals surface area contributed by atoms with E-state index in [1.165, 1.54) is 12.4 Å². The number of hydrogen-bond acceptors (Lipinski definition) is 6. The fraction of sp³-hybridized carbons (Fsp3) is 0.400. The maximum Gasteiger partial charge on any atom is 0.409 e. The number of carbonyl (C=O) groups excluding carboxylic acids is 1. The molecule has 10 heteroatoms. The van der Waals surface area contributed by atoms with Crippen molar-refractivity contribution in [3.8, 4) is 6.07 Å². The van der Waals surface area contributed by atoms with Gasteiger partial charge in [0.05, 0.1) is 24.1 Å². The van der Waals surface area contributed by atoms with E-state index >= 15 is 0 Å². The van der Waals surface area contributed by atoms with Gasteiger partial charge >= 0.3 is 12.6 Å². The van der Waals surface area contributed by atoms with Crippen molar-refractivity contribution < 1.29 is 18.3 Å². The summed E-state index contributed by atoms with van der Waals surface area (Å²) in [5, 5.41) is 13.5. The Morgan fingerprint density at radius 2 is 2.10 bits per heavy atom. The van der Waals surface area contributed by atoms with Gasteiger partial charge < -0.3 is 14.5 Å². The first-order chi connectivity index (χ1) is 14.5. The van der Waals surface area contributed by atoms with Crippen LogP contribution < -0.4 is 4.90 Å². The summed E-state index contributed by atoms with van der Waals surface area (Å²) in [7, 11) is 0. The Labute approximate surface area is 172 Å². The van der Waals surface area contributed by atoms with Crippen LogP contribution in [0.5, 0.6) is 0 Å². The van der Waals surface area contributed by atoms with Gasteiger partial charge in [-0.3, -0.25) is 4.98 Å². The molecule has 4 rings (SSSR count). The molecule has 1 aliphatic heterocycles. The van der Waals surface area contributed by atoms with Gasteiger partial charge in [0.25, 0.3) is 0 Å². The molecule has 156 valence electrons. The Balaban J connectivity index is 1.63. The molecule has 1 aliphatic carbocycles. The Hall–Kier alpha value is -3.48. The lowest BCUT2D eigenvalue weighted by Crippen LogP contribution is -2.49. The second-order valence-corrected chi connectivity index (χ2v) is 6.95. The number of nitriles is 1. The Kier molecular flexibility index (Phi) is 5.35. The molecule has 0 aromatic carbocycles. The van der Waals surface area contributed by atoms with Crippen molar-refractivity contribution in [1.82, 2.24) is 19.7 Å². The van der Waals surface area contributed by atoms with E-state index < -0.39 is 6.55 Å². The fourth-order valence-electron chi connectivity index (χ4n) is 3.89. The molecule has 30 heavy (non-hydrogen) atoms. The largest absolute Gasteiger partial charge is 0.450 e. The van der Waals surface area contributed by atoms with Gasteiger partial charge in [-0.15, -0.1) is 0 Å². The number of piperazine rings is 1. The Bertz CT molecular complexity index is 1030. The van der Waals surface area contributed by atoms with Gasteiger partial charge in [-0.05, 0) is 18.6 Å². The predicted octanol–water partition coefficient (Wildman–Crippen LogP) is 2.94. The lowest BCUT2D eigenvalue weighted by Gasteiger charge is -2.36. The molecule has 8 nitrogen and oxygen atoms in total. The van der Waals surface area contributed by atoms with Gasteiger partial charge in [0.2, 0.25) is 0 Å². The van der Waals surface area contributed by atoms with E-state index in [0.717, 1.165) is 16.9 Å². The summed E-state index contributed by atoms with van der Waals surface area (Å²) in [6.07, 6.45) is 4.34. The Morgan fingerprint density at radius 3 is 2.73 bits per heavy atom. The summed E-state index contributed by atoms with van der Waals surface area (Å²) in [5.41, 5.74) is 3.87. The van der Waals surface area contributed by atoms with Crippen LogP contribution in [-0.2, 0) is 11.2 Å². The van der Waals surface area contributed by atoms with Crippen molar-refractivity contribution in [3.63, 3.8) is 0 Å². The SMILES string of the molecule is CCOC(=O)N1CCN(c2ccnc3c2C(C#N)=C(c2cnn(C(F)F)c2)C3)CC1. The molecule has 0 saturated carbocycles. The van der Waals surface area contributed by atoms with Crippen LogP contribution in [0.1, 0.15) is 30.3 Å². The van der Waals surface area contributed by atoms with Crippen LogP contribution in [0.4, 0.5) is 19.3 Å². The zero-order valence-corrected chi connectivity index (χ0v) is 16.4. The van der Waals surface area contributed by atoms with Crippen LogP contribution in [0.2, 0.25) is 0 Å². The zero-order chi connectivity index (χ0) is 21.3. The lowest BCUT2D eigenvalue weighted by molar-refractivity contribution is 0.0566. The molecule has 0 radical (unpaired) electrons. The average molecular weight is 414 g/mol. The number of amides is 1. The number of alkyl halides is 2. The first kappa shape index (κ1) is 19.8. The van der Waals surface area contributed by atoms with Crippen LogP contribution >= 0.6 is 0 Å². The molecule has 2 aliphatic rings. The average Bonchev–Trinajstić information content (AvgIpc) is 3.38. The normalized spacial score (nSPS) is 16.1. The molecular formula is C20H20F2N6O2. The maximum absolute atomic E-state index is 12.9. The van der Waals surface area contributed by atoms with Crippen LogP contribution in [0.25, 0.3) is 11.1 Å². The van der Waals surface area contributed by atoms with E-state index in [1.54, 1.807) is 18.0 Å². The predicted molar refractivity (Wildman–Crippen MR) is 105 cm³/mol. The van der Waals surface area contributed by atoms with Crippen molar-refractivity contribution in [2.24, 2.45) is 0 Å². The molecule has 2 aromatic heterocycles. The molecule has 1 amide bonds. The number of nitrogens with zero attached hydrogens (tertiary/aromatic N) is 6. The molecule has 0 N–H and O–H groups in total. The van der Waals surface area contributed by atoms with Gasteiger partial charge in [-0.1, -0.05) is 0 Å². The third-order valence-electron chi connectivity index (χ3n) is 5.31. The molecule has 1 fully saturated rings.